The molecule has 0 fully saturated rings. The van der Waals surface area contributed by atoms with Crippen LogP contribution >= 0.6 is 0 Å². The number of amides is 1. The van der Waals surface area contributed by atoms with Gasteiger partial charge in [0, 0.05) is 5.56 Å². The number of nitrogens with one attached hydrogen (secondary N) is 2. The minimum absolute atomic E-state index is 0.175. The van der Waals surface area contributed by atoms with E-state index in [4.69, 9.17) is 0 Å². The predicted molar refractivity (Wildman–Crippen MR) is 81.5 cm³/mol. The number of halogens is 2. The highest BCUT2D eigenvalue weighted by Gasteiger charge is 2.22. The first-order valence-corrected chi connectivity index (χ1v) is 7.09. The second kappa shape index (κ2) is 7.13. The maximum Gasteiger partial charge on any atom is 0.282 e. The fourth-order valence-corrected chi connectivity index (χ4v) is 2.10. The van der Waals surface area contributed by atoms with Gasteiger partial charge in [-0.1, -0.05) is 24.3 Å². The van der Waals surface area contributed by atoms with Crippen molar-refractivity contribution in [3.63, 3.8) is 0 Å². The summed E-state index contributed by atoms with van der Waals surface area (Å²) in [5.74, 6) is -1.00. The number of rotatable bonds is 5. The molecule has 116 valence electrons. The van der Waals surface area contributed by atoms with Gasteiger partial charge in [-0.15, -0.1) is 0 Å². The number of hydrogen-bond donors (Lipinski definition) is 2. The van der Waals surface area contributed by atoms with Crippen LogP contribution in [-0.2, 0) is 11.3 Å². The zero-order valence-electron chi connectivity index (χ0n) is 12.6. The second-order valence-corrected chi connectivity index (χ2v) is 5.34. The molecule has 22 heavy (non-hydrogen) atoms. The molecule has 2 rings (SSSR count). The Balaban J connectivity index is 1.97. The third kappa shape index (κ3) is 4.11. The van der Waals surface area contributed by atoms with Crippen LogP contribution in [0.15, 0.2) is 48.5 Å². The number of hydrogen-bond acceptors (Lipinski definition) is 1. The minimum atomic E-state index is -0.459. The van der Waals surface area contributed by atoms with Crippen LogP contribution < -0.4 is 10.2 Å². The molecule has 0 bridgehead atoms. The summed E-state index contributed by atoms with van der Waals surface area (Å²) >= 11 is 0. The van der Waals surface area contributed by atoms with E-state index >= 15 is 0 Å². The highest BCUT2D eigenvalue weighted by Crippen LogP contribution is 2.12. The van der Waals surface area contributed by atoms with E-state index in [-0.39, 0.29) is 23.5 Å². The summed E-state index contributed by atoms with van der Waals surface area (Å²) in [5.41, 5.74) is 1.11. The molecule has 0 saturated carbocycles. The van der Waals surface area contributed by atoms with Crippen molar-refractivity contribution in [1.29, 1.82) is 0 Å². The monoisotopic (exact) mass is 305 g/mol. The number of likely N-dealkylation sites (N-methyl/N-ethyl adjacent to an activating group) is 1. The van der Waals surface area contributed by atoms with Gasteiger partial charge < -0.3 is 10.2 Å². The third-order valence-electron chi connectivity index (χ3n) is 3.66. The predicted octanol–water partition coefficient (Wildman–Crippen LogP) is 2.01. The maximum atomic E-state index is 13.5. The van der Waals surface area contributed by atoms with Crippen molar-refractivity contribution in [2.24, 2.45) is 0 Å². The first-order chi connectivity index (χ1) is 10.5. The summed E-state index contributed by atoms with van der Waals surface area (Å²) in [6, 6.07) is 11.9. The number of quaternary nitrogens is 1. The molecule has 0 aliphatic carbocycles. The molecule has 0 aromatic heterocycles. The van der Waals surface area contributed by atoms with Gasteiger partial charge in [-0.25, -0.2) is 8.78 Å². The molecule has 5 heteroatoms. The molecule has 0 spiro atoms. The lowest BCUT2D eigenvalue weighted by Gasteiger charge is -2.21. The molecule has 0 radical (unpaired) electrons. The van der Waals surface area contributed by atoms with Crippen molar-refractivity contribution in [3.05, 3.63) is 65.7 Å². The standard InChI is InChI=1S/C17H18F2N2O/c1-12(17(22)20-16-6-4-3-5-15(16)19)21(2)11-13-7-9-14(18)10-8-13/h3-10,12H,11H2,1-2H3,(H,20,22)/p+1/t12-/m1/s1. The molecule has 0 aliphatic rings. The van der Waals surface area contributed by atoms with E-state index in [0.29, 0.717) is 6.54 Å². The molecule has 1 amide bonds. The molecule has 2 aromatic carbocycles. The fraction of sp³-hybridized carbons (Fsp3) is 0.235. The van der Waals surface area contributed by atoms with Crippen LogP contribution in [0.1, 0.15) is 12.5 Å². The van der Waals surface area contributed by atoms with Crippen molar-refractivity contribution in [2.75, 3.05) is 12.4 Å². The Hall–Kier alpha value is -2.27. The maximum absolute atomic E-state index is 13.5. The van der Waals surface area contributed by atoms with Crippen LogP contribution in [0.3, 0.4) is 0 Å². The SMILES string of the molecule is C[C@H](C(=O)Nc1ccccc1F)[NH+](C)Cc1ccc(F)cc1. The summed E-state index contributed by atoms with van der Waals surface area (Å²) in [6.07, 6.45) is 0. The highest BCUT2D eigenvalue weighted by atomic mass is 19.1. The van der Waals surface area contributed by atoms with Gasteiger partial charge in [0.15, 0.2) is 6.04 Å². The second-order valence-electron chi connectivity index (χ2n) is 5.34. The normalized spacial score (nSPS) is 13.5. The van der Waals surface area contributed by atoms with Crippen LogP contribution in [0.2, 0.25) is 0 Å². The Morgan fingerprint density at radius 3 is 2.41 bits per heavy atom. The first-order valence-electron chi connectivity index (χ1n) is 7.09. The fourth-order valence-electron chi connectivity index (χ4n) is 2.10. The van der Waals surface area contributed by atoms with E-state index in [1.807, 2.05) is 7.05 Å². The average Bonchev–Trinajstić information content (AvgIpc) is 2.51. The van der Waals surface area contributed by atoms with Crippen LogP contribution in [0, 0.1) is 11.6 Å². The lowest BCUT2D eigenvalue weighted by molar-refractivity contribution is -0.907. The summed E-state index contributed by atoms with van der Waals surface area (Å²) in [7, 11) is 1.87. The molecular weight excluding hydrogens is 286 g/mol. The Bertz CT molecular complexity index is 643. The lowest BCUT2D eigenvalue weighted by atomic mass is 10.2. The topological polar surface area (TPSA) is 33.5 Å². The first kappa shape index (κ1) is 16.1. The largest absolute Gasteiger partial charge is 0.324 e. The Morgan fingerprint density at radius 2 is 1.77 bits per heavy atom. The molecule has 0 aliphatic heterocycles. The summed E-state index contributed by atoms with van der Waals surface area (Å²) in [6.45, 7) is 2.35. The van der Waals surface area contributed by atoms with Gasteiger partial charge in [-0.3, -0.25) is 4.79 Å². The van der Waals surface area contributed by atoms with Gasteiger partial charge in [0.05, 0.1) is 12.7 Å². The summed E-state index contributed by atoms with van der Waals surface area (Å²) in [5, 5.41) is 2.59. The van der Waals surface area contributed by atoms with Gasteiger partial charge in [0.1, 0.15) is 18.2 Å². The zero-order valence-corrected chi connectivity index (χ0v) is 12.6. The van der Waals surface area contributed by atoms with Gasteiger partial charge in [0.2, 0.25) is 0 Å². The smallest absolute Gasteiger partial charge is 0.282 e. The Morgan fingerprint density at radius 1 is 1.14 bits per heavy atom. The van der Waals surface area contributed by atoms with Crippen LogP contribution in [0.4, 0.5) is 14.5 Å². The Kier molecular flexibility index (Phi) is 5.22. The van der Waals surface area contributed by atoms with Crippen LogP contribution in [-0.4, -0.2) is 19.0 Å². The molecule has 0 saturated heterocycles. The number of carbonyl (C=O) groups is 1. The van der Waals surface area contributed by atoms with Crippen molar-refractivity contribution >= 4 is 11.6 Å². The van der Waals surface area contributed by atoms with Crippen molar-refractivity contribution < 1.29 is 18.5 Å². The average molecular weight is 305 g/mol. The van der Waals surface area contributed by atoms with Crippen molar-refractivity contribution in [3.8, 4) is 0 Å². The summed E-state index contributed by atoms with van der Waals surface area (Å²) in [4.78, 5) is 13.1. The van der Waals surface area contributed by atoms with Crippen molar-refractivity contribution in [2.45, 2.75) is 19.5 Å². The summed E-state index contributed by atoms with van der Waals surface area (Å²) < 4.78 is 26.4. The van der Waals surface area contributed by atoms with E-state index in [9.17, 15) is 13.6 Å². The van der Waals surface area contributed by atoms with Gasteiger partial charge in [-0.2, -0.15) is 0 Å². The van der Waals surface area contributed by atoms with E-state index < -0.39 is 5.82 Å². The quantitative estimate of drug-likeness (QED) is 0.870. The van der Waals surface area contributed by atoms with E-state index in [2.05, 4.69) is 5.32 Å². The van der Waals surface area contributed by atoms with Gasteiger partial charge in [-0.05, 0) is 31.2 Å². The molecule has 2 aromatic rings. The molecule has 3 nitrogen and oxygen atoms in total. The third-order valence-corrected chi connectivity index (χ3v) is 3.66. The van der Waals surface area contributed by atoms with Gasteiger partial charge in [0.25, 0.3) is 5.91 Å². The minimum Gasteiger partial charge on any atom is -0.324 e. The van der Waals surface area contributed by atoms with E-state index in [1.165, 1.54) is 24.3 Å². The van der Waals surface area contributed by atoms with Crippen LogP contribution in [0.5, 0.6) is 0 Å². The number of para-hydroxylation sites is 1. The molecule has 2 atom stereocenters. The highest BCUT2D eigenvalue weighted by molar-refractivity contribution is 5.93. The number of carbonyl (C=O) groups excluding carboxylic acids is 1. The van der Waals surface area contributed by atoms with Gasteiger partial charge >= 0.3 is 0 Å². The number of benzene rings is 2. The van der Waals surface area contributed by atoms with Crippen LogP contribution in [0.25, 0.3) is 0 Å². The van der Waals surface area contributed by atoms with E-state index in [1.54, 1.807) is 31.2 Å². The molecule has 0 heterocycles. The molecule has 2 N–H and O–H groups in total. The van der Waals surface area contributed by atoms with Crippen molar-refractivity contribution in [1.82, 2.24) is 0 Å². The molecule has 1 unspecified atom stereocenters. The van der Waals surface area contributed by atoms with E-state index in [0.717, 1.165) is 10.5 Å². The lowest BCUT2D eigenvalue weighted by Crippen LogP contribution is -3.12. The Labute approximate surface area is 128 Å². The molecular formula is C17H19F2N2O+. The number of anilines is 1. The zero-order chi connectivity index (χ0) is 16.1.